The Labute approximate surface area is 137 Å². The second kappa shape index (κ2) is 8.00. The average molecular weight is 316 g/mol. The lowest BCUT2D eigenvalue weighted by molar-refractivity contribution is -0.120. The van der Waals surface area contributed by atoms with Crippen LogP contribution in [-0.2, 0) is 4.79 Å². The third-order valence-electron chi connectivity index (χ3n) is 3.88. The minimum Gasteiger partial charge on any atom is -0.356 e. The van der Waals surface area contributed by atoms with Gasteiger partial charge in [0.15, 0.2) is 0 Å². The number of carbonyl (C=O) groups excluding carboxylic acids is 1. The molecule has 2 aromatic carbocycles. The first-order valence-corrected chi connectivity index (χ1v) is 8.10. The molecule has 1 unspecified atom stereocenters. The summed E-state index contributed by atoms with van der Waals surface area (Å²) < 4.78 is 0. The maximum Gasteiger partial charge on any atom is 0.219 e. The zero-order valence-corrected chi connectivity index (χ0v) is 13.9. The summed E-state index contributed by atoms with van der Waals surface area (Å²) in [5.41, 5.74) is 3.65. The van der Waals surface area contributed by atoms with Crippen molar-refractivity contribution >= 4 is 17.5 Å². The minimum absolute atomic E-state index is 0.116. The molecule has 2 rings (SSSR count). The SMILES string of the molecule is CCC(=O)NCCC(C)c1ccc(-c2ccc(Cl)cc2)cc1. The van der Waals surface area contributed by atoms with Crippen LogP contribution in [0, 0.1) is 0 Å². The molecule has 0 aromatic heterocycles. The van der Waals surface area contributed by atoms with E-state index in [1.54, 1.807) is 0 Å². The summed E-state index contributed by atoms with van der Waals surface area (Å²) in [6.45, 7) is 4.79. The van der Waals surface area contributed by atoms with Crippen LogP contribution in [0.15, 0.2) is 48.5 Å². The van der Waals surface area contributed by atoms with Crippen LogP contribution in [0.1, 0.15) is 38.2 Å². The van der Waals surface area contributed by atoms with Gasteiger partial charge in [-0.15, -0.1) is 0 Å². The molecule has 0 saturated heterocycles. The number of halogens is 1. The normalized spacial score (nSPS) is 12.0. The van der Waals surface area contributed by atoms with Crippen LogP contribution in [0.25, 0.3) is 11.1 Å². The molecule has 1 atom stereocenters. The van der Waals surface area contributed by atoms with E-state index in [0.29, 0.717) is 12.3 Å². The Morgan fingerprint density at radius 1 is 1.05 bits per heavy atom. The predicted molar refractivity (Wildman–Crippen MR) is 93.2 cm³/mol. The van der Waals surface area contributed by atoms with Crippen LogP contribution < -0.4 is 5.32 Å². The highest BCUT2D eigenvalue weighted by molar-refractivity contribution is 6.30. The van der Waals surface area contributed by atoms with Crippen LogP contribution in [0.4, 0.5) is 0 Å². The molecular formula is C19H22ClNO. The Balaban J connectivity index is 1.96. The highest BCUT2D eigenvalue weighted by Gasteiger charge is 2.07. The van der Waals surface area contributed by atoms with E-state index in [1.807, 2.05) is 31.2 Å². The first kappa shape index (κ1) is 16.6. The minimum atomic E-state index is 0.116. The Kier molecular flexibility index (Phi) is 6.02. The summed E-state index contributed by atoms with van der Waals surface area (Å²) in [6.07, 6.45) is 1.50. The molecule has 0 spiro atoms. The van der Waals surface area contributed by atoms with Gasteiger partial charge in [0.2, 0.25) is 5.91 Å². The fraction of sp³-hybridized carbons (Fsp3) is 0.316. The Bertz CT molecular complexity index is 604. The van der Waals surface area contributed by atoms with Crippen molar-refractivity contribution in [3.63, 3.8) is 0 Å². The van der Waals surface area contributed by atoms with Crippen LogP contribution in [0.2, 0.25) is 5.02 Å². The molecule has 116 valence electrons. The van der Waals surface area contributed by atoms with Crippen molar-refractivity contribution in [2.24, 2.45) is 0 Å². The number of amides is 1. The smallest absolute Gasteiger partial charge is 0.219 e. The molecule has 3 heteroatoms. The van der Waals surface area contributed by atoms with E-state index < -0.39 is 0 Å². The first-order valence-electron chi connectivity index (χ1n) is 7.72. The third-order valence-corrected chi connectivity index (χ3v) is 4.13. The zero-order valence-electron chi connectivity index (χ0n) is 13.1. The van der Waals surface area contributed by atoms with Gasteiger partial charge in [-0.3, -0.25) is 4.79 Å². The summed E-state index contributed by atoms with van der Waals surface area (Å²) in [7, 11) is 0. The van der Waals surface area contributed by atoms with E-state index in [9.17, 15) is 4.79 Å². The van der Waals surface area contributed by atoms with Gasteiger partial charge < -0.3 is 5.32 Å². The number of benzene rings is 2. The molecule has 0 heterocycles. The molecule has 0 radical (unpaired) electrons. The number of carbonyl (C=O) groups is 1. The zero-order chi connectivity index (χ0) is 15.9. The molecule has 2 aromatic rings. The van der Waals surface area contributed by atoms with Crippen molar-refractivity contribution < 1.29 is 4.79 Å². The molecule has 2 nitrogen and oxygen atoms in total. The first-order chi connectivity index (χ1) is 10.6. The maximum atomic E-state index is 11.2. The predicted octanol–water partition coefficient (Wildman–Crippen LogP) is 5.03. The molecule has 0 aliphatic heterocycles. The van der Waals surface area contributed by atoms with Crippen LogP contribution in [0.3, 0.4) is 0 Å². The topological polar surface area (TPSA) is 29.1 Å². The van der Waals surface area contributed by atoms with Gasteiger partial charge in [-0.2, -0.15) is 0 Å². The summed E-state index contributed by atoms with van der Waals surface area (Å²) in [6, 6.07) is 16.5. The van der Waals surface area contributed by atoms with E-state index >= 15 is 0 Å². The number of hydrogen-bond donors (Lipinski definition) is 1. The van der Waals surface area contributed by atoms with Crippen molar-refractivity contribution in [3.8, 4) is 11.1 Å². The second-order valence-electron chi connectivity index (χ2n) is 5.52. The van der Waals surface area contributed by atoms with Crippen LogP contribution in [0.5, 0.6) is 0 Å². The van der Waals surface area contributed by atoms with Crippen molar-refractivity contribution in [2.75, 3.05) is 6.54 Å². The van der Waals surface area contributed by atoms with Crippen LogP contribution >= 0.6 is 11.6 Å². The second-order valence-corrected chi connectivity index (χ2v) is 5.96. The molecule has 0 aliphatic rings. The van der Waals surface area contributed by atoms with Gasteiger partial charge in [0.05, 0.1) is 0 Å². The van der Waals surface area contributed by atoms with Crippen molar-refractivity contribution in [1.29, 1.82) is 0 Å². The summed E-state index contributed by atoms with van der Waals surface area (Å²) in [5.74, 6) is 0.543. The quantitative estimate of drug-likeness (QED) is 0.796. The lowest BCUT2D eigenvalue weighted by atomic mass is 9.95. The van der Waals surface area contributed by atoms with Gasteiger partial charge in [-0.05, 0) is 41.2 Å². The molecule has 1 amide bonds. The summed E-state index contributed by atoms with van der Waals surface area (Å²) in [4.78, 5) is 11.2. The average Bonchev–Trinajstić information content (AvgIpc) is 2.55. The molecular weight excluding hydrogens is 294 g/mol. The molecule has 0 fully saturated rings. The van der Waals surface area contributed by atoms with Crippen molar-refractivity contribution in [1.82, 2.24) is 5.32 Å². The standard InChI is InChI=1S/C19H22ClNO/c1-3-19(22)21-13-12-14(2)15-4-6-16(7-5-15)17-8-10-18(20)11-9-17/h4-11,14H,3,12-13H2,1-2H3,(H,21,22). The largest absolute Gasteiger partial charge is 0.356 e. The highest BCUT2D eigenvalue weighted by Crippen LogP contribution is 2.25. The van der Waals surface area contributed by atoms with E-state index in [0.717, 1.165) is 18.0 Å². The Morgan fingerprint density at radius 3 is 2.14 bits per heavy atom. The van der Waals surface area contributed by atoms with Gasteiger partial charge >= 0.3 is 0 Å². The molecule has 0 aliphatic carbocycles. The van der Waals surface area contributed by atoms with E-state index in [4.69, 9.17) is 11.6 Å². The fourth-order valence-corrected chi connectivity index (χ4v) is 2.49. The summed E-state index contributed by atoms with van der Waals surface area (Å²) in [5, 5.41) is 3.68. The van der Waals surface area contributed by atoms with Crippen molar-refractivity contribution in [3.05, 3.63) is 59.1 Å². The van der Waals surface area contributed by atoms with Gasteiger partial charge in [0.25, 0.3) is 0 Å². The molecule has 0 saturated carbocycles. The number of nitrogens with one attached hydrogen (secondary N) is 1. The third kappa shape index (κ3) is 4.60. The lowest BCUT2D eigenvalue weighted by Crippen LogP contribution is -2.24. The Hall–Kier alpha value is -1.80. The summed E-state index contributed by atoms with van der Waals surface area (Å²) >= 11 is 5.92. The van der Waals surface area contributed by atoms with Gasteiger partial charge in [-0.1, -0.05) is 61.8 Å². The molecule has 0 bridgehead atoms. The van der Waals surface area contributed by atoms with E-state index in [2.05, 4.69) is 36.5 Å². The highest BCUT2D eigenvalue weighted by atomic mass is 35.5. The monoisotopic (exact) mass is 315 g/mol. The number of hydrogen-bond acceptors (Lipinski definition) is 1. The number of rotatable bonds is 6. The van der Waals surface area contributed by atoms with Gasteiger partial charge in [-0.25, -0.2) is 0 Å². The molecule has 1 N–H and O–H groups in total. The van der Waals surface area contributed by atoms with Crippen LogP contribution in [-0.4, -0.2) is 12.5 Å². The van der Waals surface area contributed by atoms with E-state index in [-0.39, 0.29) is 5.91 Å². The fourth-order valence-electron chi connectivity index (χ4n) is 2.37. The van der Waals surface area contributed by atoms with E-state index in [1.165, 1.54) is 16.7 Å². The maximum absolute atomic E-state index is 11.2. The molecule has 22 heavy (non-hydrogen) atoms. The van der Waals surface area contributed by atoms with Crippen molar-refractivity contribution in [2.45, 2.75) is 32.6 Å². The van der Waals surface area contributed by atoms with Gasteiger partial charge in [0.1, 0.15) is 0 Å². The lowest BCUT2D eigenvalue weighted by Gasteiger charge is -2.13. The Morgan fingerprint density at radius 2 is 1.59 bits per heavy atom. The van der Waals surface area contributed by atoms with Gasteiger partial charge in [0, 0.05) is 18.0 Å².